The number of ether oxygens (including phenoxy) is 2. The number of hydrogen-bond donors (Lipinski definition) is 1. The molecule has 0 saturated heterocycles. The summed E-state index contributed by atoms with van der Waals surface area (Å²) in [7, 11) is 0. The van der Waals surface area contributed by atoms with Crippen molar-refractivity contribution in [1.82, 2.24) is 0 Å². The topological polar surface area (TPSA) is 38.7 Å². The SMILES string of the molecule is CCOCOc1cc(F)cc(C#CCCO)c1. The van der Waals surface area contributed by atoms with Gasteiger partial charge in [0.2, 0.25) is 0 Å². The highest BCUT2D eigenvalue weighted by molar-refractivity contribution is 5.40. The maximum Gasteiger partial charge on any atom is 0.189 e. The number of aliphatic hydroxyl groups excluding tert-OH is 1. The van der Waals surface area contributed by atoms with E-state index in [1.807, 2.05) is 6.92 Å². The third kappa shape index (κ3) is 5.34. The Morgan fingerprint density at radius 1 is 1.35 bits per heavy atom. The Kier molecular flexibility index (Phi) is 6.08. The predicted molar refractivity (Wildman–Crippen MR) is 62.1 cm³/mol. The van der Waals surface area contributed by atoms with E-state index < -0.39 is 5.82 Å². The Morgan fingerprint density at radius 3 is 2.88 bits per heavy atom. The van der Waals surface area contributed by atoms with E-state index in [0.717, 1.165) is 0 Å². The van der Waals surface area contributed by atoms with Gasteiger partial charge in [0, 0.05) is 24.7 Å². The van der Waals surface area contributed by atoms with Crippen molar-refractivity contribution in [1.29, 1.82) is 0 Å². The van der Waals surface area contributed by atoms with Crippen molar-refractivity contribution in [2.75, 3.05) is 20.0 Å². The minimum absolute atomic E-state index is 0.00396. The molecular weight excluding hydrogens is 223 g/mol. The molecule has 0 fully saturated rings. The molecule has 0 aliphatic heterocycles. The lowest BCUT2D eigenvalue weighted by Crippen LogP contribution is -2.02. The summed E-state index contributed by atoms with van der Waals surface area (Å²) in [6.07, 6.45) is 0.367. The molecule has 0 saturated carbocycles. The molecule has 1 rings (SSSR count). The van der Waals surface area contributed by atoms with Crippen LogP contribution in [0.3, 0.4) is 0 Å². The van der Waals surface area contributed by atoms with E-state index in [-0.39, 0.29) is 13.4 Å². The molecule has 0 heterocycles. The molecular formula is C13H15FO3. The van der Waals surface area contributed by atoms with E-state index in [4.69, 9.17) is 14.6 Å². The lowest BCUT2D eigenvalue weighted by Gasteiger charge is -2.06. The minimum atomic E-state index is -0.410. The van der Waals surface area contributed by atoms with Gasteiger partial charge in [0.05, 0.1) is 6.61 Å². The van der Waals surface area contributed by atoms with Crippen LogP contribution in [0.1, 0.15) is 18.9 Å². The van der Waals surface area contributed by atoms with Gasteiger partial charge in [-0.2, -0.15) is 0 Å². The summed E-state index contributed by atoms with van der Waals surface area (Å²) in [4.78, 5) is 0. The highest BCUT2D eigenvalue weighted by atomic mass is 19.1. The second-order valence-electron chi connectivity index (χ2n) is 3.21. The quantitative estimate of drug-likeness (QED) is 0.484. The molecule has 0 aliphatic rings. The molecule has 1 aromatic rings. The van der Waals surface area contributed by atoms with Crippen molar-refractivity contribution in [2.24, 2.45) is 0 Å². The minimum Gasteiger partial charge on any atom is -0.467 e. The Balaban J connectivity index is 2.69. The first kappa shape index (κ1) is 13.5. The normalized spacial score (nSPS) is 9.59. The molecule has 92 valence electrons. The first-order chi connectivity index (χ1) is 8.26. The molecule has 4 heteroatoms. The smallest absolute Gasteiger partial charge is 0.189 e. The maximum atomic E-state index is 13.2. The standard InChI is InChI=1S/C13H15FO3/c1-2-16-10-17-13-8-11(5-3-4-6-15)7-12(14)9-13/h7-9,15H,2,4,6,10H2,1H3. The third-order valence-corrected chi connectivity index (χ3v) is 1.85. The van der Waals surface area contributed by atoms with Crippen LogP contribution in [0.2, 0.25) is 0 Å². The van der Waals surface area contributed by atoms with Crippen LogP contribution in [0, 0.1) is 17.7 Å². The molecule has 0 aliphatic carbocycles. The average Bonchev–Trinajstić information content (AvgIpc) is 2.29. The van der Waals surface area contributed by atoms with Crippen LogP contribution in [0.15, 0.2) is 18.2 Å². The van der Waals surface area contributed by atoms with Crippen LogP contribution < -0.4 is 4.74 Å². The van der Waals surface area contributed by atoms with E-state index in [0.29, 0.717) is 24.3 Å². The molecule has 0 unspecified atom stereocenters. The lowest BCUT2D eigenvalue weighted by molar-refractivity contribution is 0.0222. The van der Waals surface area contributed by atoms with Crippen molar-refractivity contribution in [2.45, 2.75) is 13.3 Å². The molecule has 0 spiro atoms. The summed E-state index contributed by atoms with van der Waals surface area (Å²) in [5.41, 5.74) is 0.518. The fraction of sp³-hybridized carbons (Fsp3) is 0.385. The van der Waals surface area contributed by atoms with E-state index in [9.17, 15) is 4.39 Å². The molecule has 0 bridgehead atoms. The van der Waals surface area contributed by atoms with Crippen LogP contribution in [0.5, 0.6) is 5.75 Å². The van der Waals surface area contributed by atoms with Crippen molar-refractivity contribution >= 4 is 0 Å². The van der Waals surface area contributed by atoms with E-state index in [1.54, 1.807) is 6.07 Å². The predicted octanol–water partition coefficient (Wildman–Crippen LogP) is 1.93. The molecule has 3 nitrogen and oxygen atoms in total. The van der Waals surface area contributed by atoms with E-state index >= 15 is 0 Å². The number of benzene rings is 1. The molecule has 0 atom stereocenters. The van der Waals surface area contributed by atoms with E-state index in [1.165, 1.54) is 12.1 Å². The van der Waals surface area contributed by atoms with Gasteiger partial charge in [0.15, 0.2) is 6.79 Å². The van der Waals surface area contributed by atoms with Gasteiger partial charge in [0.1, 0.15) is 11.6 Å². The van der Waals surface area contributed by atoms with Gasteiger partial charge in [-0.25, -0.2) is 4.39 Å². The van der Waals surface area contributed by atoms with Crippen LogP contribution in [-0.2, 0) is 4.74 Å². The summed E-state index contributed by atoms with van der Waals surface area (Å²) in [6.45, 7) is 2.47. The average molecular weight is 238 g/mol. The highest BCUT2D eigenvalue weighted by Gasteiger charge is 2.00. The second kappa shape index (κ2) is 7.66. The summed E-state index contributed by atoms with van der Waals surface area (Å²) >= 11 is 0. The summed E-state index contributed by atoms with van der Waals surface area (Å²) in [5, 5.41) is 8.58. The van der Waals surface area contributed by atoms with Crippen molar-refractivity contribution in [3.05, 3.63) is 29.6 Å². The molecule has 0 amide bonds. The Bertz CT molecular complexity index is 407. The van der Waals surface area contributed by atoms with Gasteiger partial charge in [-0.3, -0.25) is 0 Å². The molecule has 0 radical (unpaired) electrons. The first-order valence-electron chi connectivity index (χ1n) is 5.37. The van der Waals surface area contributed by atoms with Gasteiger partial charge >= 0.3 is 0 Å². The van der Waals surface area contributed by atoms with Crippen LogP contribution in [0.25, 0.3) is 0 Å². The zero-order valence-corrected chi connectivity index (χ0v) is 9.70. The van der Waals surface area contributed by atoms with Gasteiger partial charge in [-0.05, 0) is 19.1 Å². The van der Waals surface area contributed by atoms with E-state index in [2.05, 4.69) is 11.8 Å². The number of rotatable bonds is 5. The fourth-order valence-corrected chi connectivity index (χ4v) is 1.13. The van der Waals surface area contributed by atoms with Crippen LogP contribution in [0.4, 0.5) is 4.39 Å². The summed E-state index contributed by atoms with van der Waals surface area (Å²) < 4.78 is 23.4. The van der Waals surface area contributed by atoms with Crippen molar-refractivity contribution in [3.63, 3.8) is 0 Å². The molecule has 17 heavy (non-hydrogen) atoms. The van der Waals surface area contributed by atoms with Crippen LogP contribution >= 0.6 is 0 Å². The van der Waals surface area contributed by atoms with Crippen molar-refractivity contribution in [3.8, 4) is 17.6 Å². The van der Waals surface area contributed by atoms with Crippen molar-refractivity contribution < 1.29 is 19.0 Å². The maximum absolute atomic E-state index is 13.2. The van der Waals surface area contributed by atoms with Gasteiger partial charge < -0.3 is 14.6 Å². The number of halogens is 1. The molecule has 1 N–H and O–H groups in total. The zero-order valence-electron chi connectivity index (χ0n) is 9.70. The number of hydrogen-bond acceptors (Lipinski definition) is 3. The summed E-state index contributed by atoms with van der Waals surface area (Å²) in [6, 6.07) is 4.22. The van der Waals surface area contributed by atoms with Gasteiger partial charge in [-0.15, -0.1) is 0 Å². The van der Waals surface area contributed by atoms with Gasteiger partial charge in [0.25, 0.3) is 0 Å². The highest BCUT2D eigenvalue weighted by Crippen LogP contribution is 2.15. The lowest BCUT2D eigenvalue weighted by atomic mass is 10.2. The summed E-state index contributed by atoms with van der Waals surface area (Å²) in [5.74, 6) is 5.44. The monoisotopic (exact) mass is 238 g/mol. The van der Waals surface area contributed by atoms with Gasteiger partial charge in [-0.1, -0.05) is 11.8 Å². The number of aliphatic hydroxyl groups is 1. The Morgan fingerprint density at radius 2 is 2.18 bits per heavy atom. The largest absolute Gasteiger partial charge is 0.467 e. The third-order valence-electron chi connectivity index (χ3n) is 1.85. The zero-order chi connectivity index (χ0) is 12.5. The molecule has 1 aromatic carbocycles. The fourth-order valence-electron chi connectivity index (χ4n) is 1.13. The second-order valence-corrected chi connectivity index (χ2v) is 3.21. The Labute approximate surface area is 100 Å². The Hall–Kier alpha value is -1.57. The van der Waals surface area contributed by atoms with Crippen LogP contribution in [-0.4, -0.2) is 25.1 Å². The molecule has 0 aromatic heterocycles. The first-order valence-corrected chi connectivity index (χ1v) is 5.37.